The Bertz CT molecular complexity index is 419. The van der Waals surface area contributed by atoms with Crippen LogP contribution in [-0.4, -0.2) is 32.6 Å². The Morgan fingerprint density at radius 1 is 1.39 bits per heavy atom. The Kier molecular flexibility index (Phi) is 5.44. The minimum atomic E-state index is -0.0719. The van der Waals surface area contributed by atoms with E-state index in [0.29, 0.717) is 17.3 Å². The first-order valence-electron chi connectivity index (χ1n) is 5.90. The standard InChI is InChI=1S/C13H20ClN3O/c1-9(2)15-8-13(18)16-10-5-6-12(17(3)4)11(14)7-10/h5-7,9,15H,8H2,1-4H3,(H,16,18). The maximum atomic E-state index is 11.6. The van der Waals surface area contributed by atoms with Gasteiger partial charge >= 0.3 is 0 Å². The summed E-state index contributed by atoms with van der Waals surface area (Å²) in [6, 6.07) is 5.77. The molecule has 0 aliphatic heterocycles. The van der Waals surface area contributed by atoms with Gasteiger partial charge in [0.1, 0.15) is 0 Å². The zero-order valence-corrected chi connectivity index (χ0v) is 12.0. The fourth-order valence-corrected chi connectivity index (χ4v) is 1.80. The number of hydrogen-bond acceptors (Lipinski definition) is 3. The van der Waals surface area contributed by atoms with Crippen LogP contribution in [0.5, 0.6) is 0 Å². The fourth-order valence-electron chi connectivity index (χ4n) is 1.45. The number of carbonyl (C=O) groups is 1. The maximum absolute atomic E-state index is 11.6. The van der Waals surface area contributed by atoms with Gasteiger partial charge in [-0.05, 0) is 18.2 Å². The van der Waals surface area contributed by atoms with Gasteiger partial charge in [-0.25, -0.2) is 0 Å². The summed E-state index contributed by atoms with van der Waals surface area (Å²) in [4.78, 5) is 13.5. The molecule has 100 valence electrons. The molecule has 1 aromatic rings. The highest BCUT2D eigenvalue weighted by molar-refractivity contribution is 6.33. The molecule has 0 radical (unpaired) electrons. The van der Waals surface area contributed by atoms with Gasteiger partial charge in [0.25, 0.3) is 0 Å². The third-order valence-electron chi connectivity index (χ3n) is 2.38. The summed E-state index contributed by atoms with van der Waals surface area (Å²) < 4.78 is 0. The normalized spacial score (nSPS) is 10.6. The first kappa shape index (κ1) is 14.8. The summed E-state index contributed by atoms with van der Waals surface area (Å²) in [6.45, 7) is 4.29. The molecule has 0 bridgehead atoms. The monoisotopic (exact) mass is 269 g/mol. The number of nitrogens with one attached hydrogen (secondary N) is 2. The molecule has 0 fully saturated rings. The number of nitrogens with zero attached hydrogens (tertiary/aromatic N) is 1. The van der Waals surface area contributed by atoms with E-state index in [0.717, 1.165) is 5.69 Å². The predicted octanol–water partition coefficient (Wildman–Crippen LogP) is 2.34. The minimum Gasteiger partial charge on any atom is -0.376 e. The van der Waals surface area contributed by atoms with E-state index in [1.807, 2.05) is 45.0 Å². The number of halogens is 1. The zero-order valence-electron chi connectivity index (χ0n) is 11.2. The van der Waals surface area contributed by atoms with Crippen LogP contribution in [0.25, 0.3) is 0 Å². The molecule has 18 heavy (non-hydrogen) atoms. The van der Waals surface area contributed by atoms with Gasteiger partial charge < -0.3 is 15.5 Å². The van der Waals surface area contributed by atoms with Gasteiger partial charge in [0.15, 0.2) is 0 Å². The van der Waals surface area contributed by atoms with E-state index in [1.165, 1.54) is 0 Å². The van der Waals surface area contributed by atoms with Crippen molar-refractivity contribution >= 4 is 28.9 Å². The third-order valence-corrected chi connectivity index (χ3v) is 2.69. The van der Waals surface area contributed by atoms with Crippen LogP contribution in [0.3, 0.4) is 0 Å². The molecule has 0 spiro atoms. The Morgan fingerprint density at radius 3 is 2.56 bits per heavy atom. The number of carbonyl (C=O) groups excluding carboxylic acids is 1. The van der Waals surface area contributed by atoms with Crippen molar-refractivity contribution in [3.63, 3.8) is 0 Å². The minimum absolute atomic E-state index is 0.0719. The molecule has 0 heterocycles. The maximum Gasteiger partial charge on any atom is 0.238 e. The van der Waals surface area contributed by atoms with Crippen molar-refractivity contribution in [2.75, 3.05) is 30.9 Å². The molecule has 2 N–H and O–H groups in total. The SMILES string of the molecule is CC(C)NCC(=O)Nc1ccc(N(C)C)c(Cl)c1. The van der Waals surface area contributed by atoms with Gasteiger partial charge in [-0.15, -0.1) is 0 Å². The lowest BCUT2D eigenvalue weighted by Crippen LogP contribution is -2.32. The summed E-state index contributed by atoms with van der Waals surface area (Å²) in [5.74, 6) is -0.0719. The molecule has 0 aliphatic carbocycles. The van der Waals surface area contributed by atoms with Crippen molar-refractivity contribution < 1.29 is 4.79 Å². The Balaban J connectivity index is 2.63. The van der Waals surface area contributed by atoms with E-state index in [-0.39, 0.29) is 11.9 Å². The lowest BCUT2D eigenvalue weighted by atomic mass is 10.2. The summed E-state index contributed by atoms with van der Waals surface area (Å²) in [5, 5.41) is 6.48. The molecule has 1 rings (SSSR count). The second-order valence-electron chi connectivity index (χ2n) is 4.64. The van der Waals surface area contributed by atoms with Gasteiger partial charge in [-0.2, -0.15) is 0 Å². The average Bonchev–Trinajstić information content (AvgIpc) is 2.26. The van der Waals surface area contributed by atoms with E-state index in [9.17, 15) is 4.79 Å². The van der Waals surface area contributed by atoms with Crippen LogP contribution < -0.4 is 15.5 Å². The molecule has 1 aromatic carbocycles. The van der Waals surface area contributed by atoms with E-state index in [4.69, 9.17) is 11.6 Å². The molecule has 0 unspecified atom stereocenters. The molecular weight excluding hydrogens is 250 g/mol. The van der Waals surface area contributed by atoms with Crippen LogP contribution >= 0.6 is 11.6 Å². The highest BCUT2D eigenvalue weighted by Crippen LogP contribution is 2.27. The van der Waals surface area contributed by atoms with Crippen LogP contribution in [-0.2, 0) is 4.79 Å². The topological polar surface area (TPSA) is 44.4 Å². The van der Waals surface area contributed by atoms with Crippen molar-refractivity contribution in [1.29, 1.82) is 0 Å². The van der Waals surface area contributed by atoms with Crippen molar-refractivity contribution in [1.82, 2.24) is 5.32 Å². The summed E-state index contributed by atoms with van der Waals surface area (Å²) in [7, 11) is 3.85. The van der Waals surface area contributed by atoms with Gasteiger partial charge in [0.2, 0.25) is 5.91 Å². The molecule has 0 saturated carbocycles. The molecule has 5 heteroatoms. The summed E-state index contributed by atoms with van der Waals surface area (Å²) in [5.41, 5.74) is 1.64. The smallest absolute Gasteiger partial charge is 0.238 e. The van der Waals surface area contributed by atoms with Gasteiger partial charge in [0, 0.05) is 25.8 Å². The predicted molar refractivity (Wildman–Crippen MR) is 77.5 cm³/mol. The third kappa shape index (κ3) is 4.55. The number of hydrogen-bond donors (Lipinski definition) is 2. The molecule has 4 nitrogen and oxygen atoms in total. The zero-order chi connectivity index (χ0) is 13.7. The van der Waals surface area contributed by atoms with Gasteiger partial charge in [-0.3, -0.25) is 4.79 Å². The number of benzene rings is 1. The number of amides is 1. The molecule has 0 atom stereocenters. The molecule has 1 amide bonds. The lowest BCUT2D eigenvalue weighted by molar-refractivity contribution is -0.115. The molecular formula is C13H20ClN3O. The van der Waals surface area contributed by atoms with E-state index >= 15 is 0 Å². The lowest BCUT2D eigenvalue weighted by Gasteiger charge is -2.15. The first-order chi connectivity index (χ1) is 8.40. The van der Waals surface area contributed by atoms with Crippen molar-refractivity contribution in [3.8, 4) is 0 Å². The van der Waals surface area contributed by atoms with Crippen molar-refractivity contribution in [2.45, 2.75) is 19.9 Å². The van der Waals surface area contributed by atoms with Crippen molar-refractivity contribution in [2.24, 2.45) is 0 Å². The molecule has 0 aromatic heterocycles. The van der Waals surface area contributed by atoms with Crippen LogP contribution in [0.15, 0.2) is 18.2 Å². The van der Waals surface area contributed by atoms with E-state index < -0.39 is 0 Å². The number of rotatable bonds is 5. The highest BCUT2D eigenvalue weighted by atomic mass is 35.5. The van der Waals surface area contributed by atoms with Crippen LogP contribution in [0.4, 0.5) is 11.4 Å². The number of anilines is 2. The largest absolute Gasteiger partial charge is 0.376 e. The van der Waals surface area contributed by atoms with Crippen LogP contribution in [0.2, 0.25) is 5.02 Å². The summed E-state index contributed by atoms with van der Waals surface area (Å²) in [6.07, 6.45) is 0. The van der Waals surface area contributed by atoms with Gasteiger partial charge in [0.05, 0.1) is 17.3 Å². The first-order valence-corrected chi connectivity index (χ1v) is 6.28. The Morgan fingerprint density at radius 2 is 2.06 bits per heavy atom. The quantitative estimate of drug-likeness (QED) is 0.862. The molecule has 0 aliphatic rings. The second-order valence-corrected chi connectivity index (χ2v) is 5.05. The van der Waals surface area contributed by atoms with E-state index in [2.05, 4.69) is 10.6 Å². The fraction of sp³-hybridized carbons (Fsp3) is 0.462. The van der Waals surface area contributed by atoms with Crippen LogP contribution in [0, 0.1) is 0 Å². The Hall–Kier alpha value is -1.26. The molecule has 0 saturated heterocycles. The van der Waals surface area contributed by atoms with Crippen molar-refractivity contribution in [3.05, 3.63) is 23.2 Å². The van der Waals surface area contributed by atoms with Crippen LogP contribution in [0.1, 0.15) is 13.8 Å². The average molecular weight is 270 g/mol. The second kappa shape index (κ2) is 6.61. The van der Waals surface area contributed by atoms with Gasteiger partial charge in [-0.1, -0.05) is 25.4 Å². The Labute approximate surface area is 113 Å². The summed E-state index contributed by atoms with van der Waals surface area (Å²) >= 11 is 6.13. The van der Waals surface area contributed by atoms with E-state index in [1.54, 1.807) is 6.07 Å². The highest BCUT2D eigenvalue weighted by Gasteiger charge is 2.06.